The summed E-state index contributed by atoms with van der Waals surface area (Å²) in [5.74, 6) is 0.296. The molecule has 64 valence electrons. The second kappa shape index (κ2) is 3.26. The number of carbonyl (C=O) groups excluding carboxylic acids is 1. The summed E-state index contributed by atoms with van der Waals surface area (Å²) >= 11 is 0. The van der Waals surface area contributed by atoms with E-state index < -0.39 is 0 Å². The van der Waals surface area contributed by atoms with Crippen LogP contribution in [0.2, 0.25) is 0 Å². The molecular formula is C11H14O. The van der Waals surface area contributed by atoms with Crippen LogP contribution in [0.5, 0.6) is 0 Å². The van der Waals surface area contributed by atoms with Gasteiger partial charge in [-0.25, -0.2) is 0 Å². The summed E-state index contributed by atoms with van der Waals surface area (Å²) in [5.41, 5.74) is 3.00. The van der Waals surface area contributed by atoms with Crippen molar-refractivity contribution in [3.63, 3.8) is 0 Å². The summed E-state index contributed by atoms with van der Waals surface area (Å²) in [6, 6.07) is 0. The van der Waals surface area contributed by atoms with Crippen molar-refractivity contribution in [2.75, 3.05) is 0 Å². The Balaban J connectivity index is 2.23. The molecule has 0 atom stereocenters. The van der Waals surface area contributed by atoms with Crippen molar-refractivity contribution < 1.29 is 4.79 Å². The molecule has 0 saturated heterocycles. The molecule has 2 aliphatic rings. The minimum Gasteiger partial charge on any atom is -0.295 e. The standard InChI is InChI=1S/C11H14O/c12-11-7-5-9-3-1-2-4-10(9)6-8-11/h5,7H,1-4,6,8H2. The second-order valence-electron chi connectivity index (χ2n) is 3.64. The third kappa shape index (κ3) is 1.50. The number of hydrogen-bond donors (Lipinski definition) is 0. The molecule has 0 bridgehead atoms. The Morgan fingerprint density at radius 1 is 0.917 bits per heavy atom. The summed E-state index contributed by atoms with van der Waals surface area (Å²) in [5, 5.41) is 0. The molecule has 1 nitrogen and oxygen atoms in total. The Morgan fingerprint density at radius 2 is 1.75 bits per heavy atom. The van der Waals surface area contributed by atoms with Gasteiger partial charge >= 0.3 is 0 Å². The topological polar surface area (TPSA) is 17.1 Å². The number of rotatable bonds is 0. The van der Waals surface area contributed by atoms with Gasteiger partial charge in [0.15, 0.2) is 5.78 Å². The molecular weight excluding hydrogens is 148 g/mol. The van der Waals surface area contributed by atoms with Crippen LogP contribution in [0.1, 0.15) is 38.5 Å². The lowest BCUT2D eigenvalue weighted by Crippen LogP contribution is -1.97. The molecule has 0 N–H and O–H groups in total. The molecule has 2 aliphatic carbocycles. The fourth-order valence-corrected chi connectivity index (χ4v) is 2.03. The minimum absolute atomic E-state index is 0.296. The van der Waals surface area contributed by atoms with Crippen molar-refractivity contribution in [2.45, 2.75) is 38.5 Å². The fourth-order valence-electron chi connectivity index (χ4n) is 2.03. The number of carbonyl (C=O) groups is 1. The first kappa shape index (κ1) is 7.78. The summed E-state index contributed by atoms with van der Waals surface area (Å²) in [6.45, 7) is 0. The van der Waals surface area contributed by atoms with Gasteiger partial charge in [0, 0.05) is 6.42 Å². The first-order valence-electron chi connectivity index (χ1n) is 4.78. The van der Waals surface area contributed by atoms with Gasteiger partial charge in [-0.05, 0) is 43.8 Å². The van der Waals surface area contributed by atoms with E-state index in [4.69, 9.17) is 0 Å². The van der Waals surface area contributed by atoms with Crippen molar-refractivity contribution in [1.82, 2.24) is 0 Å². The van der Waals surface area contributed by atoms with Crippen molar-refractivity contribution in [1.29, 1.82) is 0 Å². The van der Waals surface area contributed by atoms with E-state index in [0.29, 0.717) is 5.78 Å². The van der Waals surface area contributed by atoms with Crippen molar-refractivity contribution in [3.8, 4) is 0 Å². The SMILES string of the molecule is O=C1C=CC2=C(CCCC2)CC1. The second-order valence-corrected chi connectivity index (χ2v) is 3.64. The Bertz CT molecular complexity index is 258. The highest BCUT2D eigenvalue weighted by Gasteiger charge is 2.14. The molecule has 0 spiro atoms. The maximum absolute atomic E-state index is 11.1. The zero-order valence-corrected chi connectivity index (χ0v) is 7.31. The van der Waals surface area contributed by atoms with Crippen LogP contribution in [0.3, 0.4) is 0 Å². The molecule has 0 aromatic heterocycles. The van der Waals surface area contributed by atoms with Crippen LogP contribution in [0.4, 0.5) is 0 Å². The molecule has 0 saturated carbocycles. The van der Waals surface area contributed by atoms with Gasteiger partial charge in [-0.2, -0.15) is 0 Å². The van der Waals surface area contributed by atoms with Crippen LogP contribution < -0.4 is 0 Å². The van der Waals surface area contributed by atoms with Crippen LogP contribution in [0.15, 0.2) is 23.3 Å². The fraction of sp³-hybridized carbons (Fsp3) is 0.545. The maximum Gasteiger partial charge on any atom is 0.156 e. The van der Waals surface area contributed by atoms with Crippen molar-refractivity contribution >= 4 is 5.78 Å². The smallest absolute Gasteiger partial charge is 0.156 e. The monoisotopic (exact) mass is 162 g/mol. The van der Waals surface area contributed by atoms with Gasteiger partial charge in [-0.3, -0.25) is 4.79 Å². The average Bonchev–Trinajstić information content (AvgIpc) is 2.29. The lowest BCUT2D eigenvalue weighted by Gasteiger charge is -2.16. The summed E-state index contributed by atoms with van der Waals surface area (Å²) in [6.07, 6.45) is 10.6. The van der Waals surface area contributed by atoms with Crippen molar-refractivity contribution in [2.24, 2.45) is 0 Å². The molecule has 0 fully saturated rings. The predicted octanol–water partition coefficient (Wildman–Crippen LogP) is 2.78. The van der Waals surface area contributed by atoms with E-state index in [1.807, 2.05) is 6.08 Å². The molecule has 2 rings (SSSR count). The third-order valence-electron chi connectivity index (χ3n) is 2.77. The van der Waals surface area contributed by atoms with E-state index in [1.165, 1.54) is 31.3 Å². The molecule has 0 heterocycles. The van der Waals surface area contributed by atoms with Gasteiger partial charge in [-0.15, -0.1) is 0 Å². The largest absolute Gasteiger partial charge is 0.295 e. The molecule has 0 unspecified atom stereocenters. The summed E-state index contributed by atoms with van der Waals surface area (Å²) in [4.78, 5) is 11.1. The zero-order chi connectivity index (χ0) is 8.39. The summed E-state index contributed by atoms with van der Waals surface area (Å²) < 4.78 is 0. The van der Waals surface area contributed by atoms with Gasteiger partial charge in [-0.1, -0.05) is 11.6 Å². The molecule has 0 amide bonds. The van der Waals surface area contributed by atoms with Crippen LogP contribution >= 0.6 is 0 Å². The van der Waals surface area contributed by atoms with Crippen LogP contribution in [-0.4, -0.2) is 5.78 Å². The van der Waals surface area contributed by atoms with Gasteiger partial charge in [0.2, 0.25) is 0 Å². The van der Waals surface area contributed by atoms with Crippen LogP contribution in [0, 0.1) is 0 Å². The van der Waals surface area contributed by atoms with E-state index in [1.54, 1.807) is 11.6 Å². The van der Waals surface area contributed by atoms with Crippen LogP contribution in [0.25, 0.3) is 0 Å². The average molecular weight is 162 g/mol. The highest BCUT2D eigenvalue weighted by Crippen LogP contribution is 2.30. The Morgan fingerprint density at radius 3 is 2.67 bits per heavy atom. The Hall–Kier alpha value is -0.850. The normalized spacial score (nSPS) is 23.8. The first-order valence-corrected chi connectivity index (χ1v) is 4.78. The van der Waals surface area contributed by atoms with Crippen LogP contribution in [-0.2, 0) is 4.79 Å². The highest BCUT2D eigenvalue weighted by molar-refractivity contribution is 5.90. The molecule has 0 aromatic rings. The first-order chi connectivity index (χ1) is 5.86. The lowest BCUT2D eigenvalue weighted by atomic mass is 9.90. The number of ketones is 1. The van der Waals surface area contributed by atoms with E-state index in [0.717, 1.165) is 12.8 Å². The van der Waals surface area contributed by atoms with Gasteiger partial charge < -0.3 is 0 Å². The molecule has 0 aromatic carbocycles. The molecule has 0 aliphatic heterocycles. The zero-order valence-electron chi connectivity index (χ0n) is 7.31. The summed E-state index contributed by atoms with van der Waals surface area (Å²) in [7, 11) is 0. The van der Waals surface area contributed by atoms with E-state index in [2.05, 4.69) is 0 Å². The Kier molecular flexibility index (Phi) is 2.11. The van der Waals surface area contributed by atoms with E-state index >= 15 is 0 Å². The van der Waals surface area contributed by atoms with Gasteiger partial charge in [0.25, 0.3) is 0 Å². The molecule has 0 radical (unpaired) electrons. The quantitative estimate of drug-likeness (QED) is 0.535. The third-order valence-corrected chi connectivity index (χ3v) is 2.77. The predicted molar refractivity (Wildman–Crippen MR) is 48.9 cm³/mol. The van der Waals surface area contributed by atoms with E-state index in [9.17, 15) is 4.79 Å². The number of allylic oxidation sites excluding steroid dienone is 4. The lowest BCUT2D eigenvalue weighted by molar-refractivity contribution is -0.114. The Labute approximate surface area is 73.2 Å². The van der Waals surface area contributed by atoms with Gasteiger partial charge in [0.05, 0.1) is 0 Å². The number of hydrogen-bond acceptors (Lipinski definition) is 1. The molecule has 1 heteroatoms. The minimum atomic E-state index is 0.296. The van der Waals surface area contributed by atoms with Gasteiger partial charge in [0.1, 0.15) is 0 Å². The highest BCUT2D eigenvalue weighted by atomic mass is 16.1. The maximum atomic E-state index is 11.1. The van der Waals surface area contributed by atoms with Crippen molar-refractivity contribution in [3.05, 3.63) is 23.3 Å². The molecule has 12 heavy (non-hydrogen) atoms. The van der Waals surface area contributed by atoms with E-state index in [-0.39, 0.29) is 0 Å².